The van der Waals surface area contributed by atoms with Crippen LogP contribution in [-0.4, -0.2) is 51.4 Å². The van der Waals surface area contributed by atoms with Gasteiger partial charge >= 0.3 is 11.7 Å². The minimum Gasteiger partial charge on any atom is -0.493 e. The molecule has 3 aromatic heterocycles. The Morgan fingerprint density at radius 1 is 0.912 bits per heavy atom. The molecule has 296 valence electrons. The molecule has 6 aromatic rings. The zero-order chi connectivity index (χ0) is 40.4. The first-order valence-corrected chi connectivity index (χ1v) is 19.3. The van der Waals surface area contributed by atoms with Gasteiger partial charge in [0.1, 0.15) is 12.4 Å². The molecule has 1 aliphatic rings. The molecule has 0 spiro atoms. The summed E-state index contributed by atoms with van der Waals surface area (Å²) in [6.07, 6.45) is 5.04. The predicted octanol–water partition coefficient (Wildman–Crippen LogP) is 7.81. The van der Waals surface area contributed by atoms with Crippen LogP contribution in [0.15, 0.2) is 76.3 Å². The number of methoxy groups -OCH3 is 3. The van der Waals surface area contributed by atoms with Crippen molar-refractivity contribution in [3.05, 3.63) is 121 Å². The number of unbranched alkanes of at least 4 members (excludes halogenated alkanes) is 1. The second-order valence-corrected chi connectivity index (χ2v) is 15.5. The van der Waals surface area contributed by atoms with E-state index in [4.69, 9.17) is 28.9 Å². The minimum atomic E-state index is -0.557. The van der Waals surface area contributed by atoms with Gasteiger partial charge in [0.2, 0.25) is 5.75 Å². The number of pyridine rings is 1. The maximum atomic E-state index is 14.7. The van der Waals surface area contributed by atoms with Crippen LogP contribution in [0.1, 0.15) is 85.5 Å². The van der Waals surface area contributed by atoms with Gasteiger partial charge in [0.05, 0.1) is 44.6 Å². The number of carbonyl (C=O) groups is 1. The second kappa shape index (κ2) is 16.1. The maximum Gasteiger partial charge on any atom is 0.339 e. The highest BCUT2D eigenvalue weighted by Crippen LogP contribution is 2.46. The highest BCUT2D eigenvalue weighted by atomic mass is 16.5. The molecule has 12 nitrogen and oxygen atoms in total. The van der Waals surface area contributed by atoms with Crippen molar-refractivity contribution in [1.82, 2.24) is 24.1 Å². The first-order valence-electron chi connectivity index (χ1n) is 19.3. The number of carbonyl (C=O) groups excluding carboxylic acids is 1. The van der Waals surface area contributed by atoms with Gasteiger partial charge in [-0.3, -0.25) is 14.3 Å². The third-order valence-electron chi connectivity index (χ3n) is 10.9. The summed E-state index contributed by atoms with van der Waals surface area (Å²) in [5, 5.41) is 0.690. The van der Waals surface area contributed by atoms with Gasteiger partial charge in [-0.1, -0.05) is 82.6 Å². The zero-order valence-electron chi connectivity index (χ0n) is 33.6. The van der Waals surface area contributed by atoms with Crippen LogP contribution in [0.2, 0.25) is 0 Å². The Morgan fingerprint density at radius 3 is 2.28 bits per heavy atom. The molecule has 1 N–H and O–H groups in total. The SMILES string of the molecule is CCCCn1c(COC(=O)c2c3c(nc4ccccc24)/C(=C\c2cc(OC)c(OC)c(OC)c2)CC(C(C)(C)C)C3)nc2c1c(=O)[nH]c(=O)n2Cc1ccccc1. The van der Waals surface area contributed by atoms with Crippen molar-refractivity contribution in [2.45, 2.75) is 73.1 Å². The Balaban J connectivity index is 1.34. The van der Waals surface area contributed by atoms with Crippen LogP contribution < -0.4 is 25.5 Å². The number of benzene rings is 3. The fourth-order valence-electron chi connectivity index (χ4n) is 7.76. The van der Waals surface area contributed by atoms with Gasteiger partial charge < -0.3 is 23.5 Å². The van der Waals surface area contributed by atoms with Crippen molar-refractivity contribution in [3.63, 3.8) is 0 Å². The number of esters is 1. The van der Waals surface area contributed by atoms with E-state index in [1.54, 1.807) is 25.9 Å². The molecular formula is C45H49N5O7. The van der Waals surface area contributed by atoms with Crippen molar-refractivity contribution in [2.75, 3.05) is 21.3 Å². The van der Waals surface area contributed by atoms with Gasteiger partial charge in [-0.05, 0) is 77.1 Å². The molecule has 0 bridgehead atoms. The number of aryl methyl sites for hydroxylation is 1. The summed E-state index contributed by atoms with van der Waals surface area (Å²) in [5.74, 6) is 1.60. The summed E-state index contributed by atoms with van der Waals surface area (Å²) < 4.78 is 26.4. The van der Waals surface area contributed by atoms with E-state index >= 15 is 0 Å². The zero-order valence-corrected chi connectivity index (χ0v) is 33.6. The van der Waals surface area contributed by atoms with Crippen LogP contribution in [0.3, 0.4) is 0 Å². The highest BCUT2D eigenvalue weighted by molar-refractivity contribution is 6.06. The Morgan fingerprint density at radius 2 is 1.61 bits per heavy atom. The average Bonchev–Trinajstić information content (AvgIpc) is 3.57. The number of aromatic amines is 1. The Hall–Kier alpha value is -6.17. The molecule has 57 heavy (non-hydrogen) atoms. The summed E-state index contributed by atoms with van der Waals surface area (Å²) in [5.41, 5.74) is 4.69. The number of para-hydroxylation sites is 1. The van der Waals surface area contributed by atoms with Crippen LogP contribution in [0.5, 0.6) is 17.2 Å². The number of H-pyrrole nitrogens is 1. The fourth-order valence-corrected chi connectivity index (χ4v) is 7.76. The van der Waals surface area contributed by atoms with Crippen LogP contribution in [-0.2, 0) is 30.9 Å². The normalized spacial score (nSPS) is 14.9. The lowest BCUT2D eigenvalue weighted by Crippen LogP contribution is -2.31. The molecule has 7 rings (SSSR count). The molecule has 0 amide bonds. The third kappa shape index (κ3) is 7.68. The van der Waals surface area contributed by atoms with Gasteiger partial charge in [0.15, 0.2) is 22.7 Å². The summed E-state index contributed by atoms with van der Waals surface area (Å²) in [6, 6.07) is 20.9. The van der Waals surface area contributed by atoms with Crippen molar-refractivity contribution in [2.24, 2.45) is 11.3 Å². The number of hydrogen-bond donors (Lipinski definition) is 1. The van der Waals surface area contributed by atoms with Crippen molar-refractivity contribution in [3.8, 4) is 17.2 Å². The lowest BCUT2D eigenvalue weighted by Gasteiger charge is -2.36. The number of nitrogens with zero attached hydrogens (tertiary/aromatic N) is 4. The van der Waals surface area contributed by atoms with Crippen molar-refractivity contribution in [1.29, 1.82) is 0 Å². The largest absolute Gasteiger partial charge is 0.493 e. The molecule has 1 aliphatic carbocycles. The standard InChI is InChI=1S/C45H49N5O7/c1-8-9-19-49-36(47-41-39(49)42(51)48-44(53)50(41)25-27-15-11-10-12-16-27)26-57-43(52)37-31-17-13-14-18-33(31)46-38-29(23-30(24-32(37)38)45(2,3)4)20-28-21-34(54-5)40(56-7)35(22-28)55-6/h10-18,20-22,30H,8-9,19,23-26H2,1-7H3,(H,48,51,53)/b29-20-. The quantitative estimate of drug-likeness (QED) is 0.123. The monoisotopic (exact) mass is 771 g/mol. The average molecular weight is 772 g/mol. The summed E-state index contributed by atoms with van der Waals surface area (Å²) >= 11 is 0. The first-order chi connectivity index (χ1) is 27.4. The maximum absolute atomic E-state index is 14.7. The van der Waals surface area contributed by atoms with E-state index in [-0.39, 0.29) is 35.6 Å². The third-order valence-corrected chi connectivity index (χ3v) is 10.9. The smallest absolute Gasteiger partial charge is 0.339 e. The summed E-state index contributed by atoms with van der Waals surface area (Å²) in [4.78, 5) is 53.7. The highest BCUT2D eigenvalue weighted by Gasteiger charge is 2.36. The number of ether oxygens (including phenoxy) is 4. The van der Waals surface area contributed by atoms with Gasteiger partial charge in [0.25, 0.3) is 5.56 Å². The summed E-state index contributed by atoms with van der Waals surface area (Å²) in [6.45, 7) is 9.17. The van der Waals surface area contributed by atoms with Crippen LogP contribution in [0.4, 0.5) is 0 Å². The number of aromatic nitrogens is 5. The predicted molar refractivity (Wildman–Crippen MR) is 221 cm³/mol. The van der Waals surface area contributed by atoms with Crippen LogP contribution in [0, 0.1) is 11.3 Å². The van der Waals surface area contributed by atoms with Crippen LogP contribution in [0.25, 0.3) is 33.7 Å². The molecule has 0 aliphatic heterocycles. The van der Waals surface area contributed by atoms with Gasteiger partial charge in [-0.2, -0.15) is 0 Å². The summed E-state index contributed by atoms with van der Waals surface area (Å²) in [7, 11) is 4.75. The van der Waals surface area contributed by atoms with E-state index in [0.717, 1.165) is 47.2 Å². The van der Waals surface area contributed by atoms with Crippen molar-refractivity contribution >= 4 is 39.7 Å². The Kier molecular flexibility index (Phi) is 11.1. The van der Waals surface area contributed by atoms with Crippen molar-refractivity contribution < 1.29 is 23.7 Å². The van der Waals surface area contributed by atoms with E-state index < -0.39 is 17.2 Å². The van der Waals surface area contributed by atoms with Gasteiger partial charge in [-0.25, -0.2) is 19.6 Å². The number of hydrogen-bond acceptors (Lipinski definition) is 9. The molecule has 0 saturated heterocycles. The minimum absolute atomic E-state index is 0.106. The molecule has 1 atom stereocenters. The molecule has 3 heterocycles. The van der Waals surface area contributed by atoms with E-state index in [9.17, 15) is 14.4 Å². The van der Waals surface area contributed by atoms with Gasteiger partial charge in [0, 0.05) is 11.9 Å². The van der Waals surface area contributed by atoms with E-state index in [2.05, 4.69) is 38.8 Å². The first kappa shape index (κ1) is 39.1. The molecule has 1 unspecified atom stereocenters. The number of rotatable bonds is 12. The fraction of sp³-hybridized carbons (Fsp3) is 0.356. The van der Waals surface area contributed by atoms with Gasteiger partial charge in [-0.15, -0.1) is 0 Å². The Labute approximate surface area is 331 Å². The molecule has 0 saturated carbocycles. The molecule has 0 radical (unpaired) electrons. The van der Waals surface area contributed by atoms with E-state index in [0.29, 0.717) is 52.5 Å². The Bertz CT molecular complexity index is 2590. The van der Waals surface area contributed by atoms with Crippen LogP contribution >= 0.6 is 0 Å². The molecule has 0 fully saturated rings. The molecular weight excluding hydrogens is 723 g/mol. The topological polar surface area (TPSA) is 140 Å². The lowest BCUT2D eigenvalue weighted by molar-refractivity contribution is 0.0458. The number of allylic oxidation sites excluding steroid dienone is 1. The molecule has 12 heteroatoms. The second-order valence-electron chi connectivity index (χ2n) is 15.5. The number of fused-ring (bicyclic) bond motifs is 3. The van der Waals surface area contributed by atoms with E-state index in [1.165, 1.54) is 4.57 Å². The molecule has 3 aromatic carbocycles. The van der Waals surface area contributed by atoms with E-state index in [1.807, 2.05) is 66.7 Å². The number of nitrogens with one attached hydrogen (secondary N) is 1. The number of imidazole rings is 1. The lowest BCUT2D eigenvalue weighted by atomic mass is 9.69.